The highest BCUT2D eigenvalue weighted by Gasteiger charge is 2.51. The summed E-state index contributed by atoms with van der Waals surface area (Å²) in [5, 5.41) is 14.1. The van der Waals surface area contributed by atoms with Gasteiger partial charge < -0.3 is 10.4 Å². The van der Waals surface area contributed by atoms with Gasteiger partial charge in [0.15, 0.2) is 5.60 Å². The van der Waals surface area contributed by atoms with Gasteiger partial charge in [0.25, 0.3) is 5.91 Å². The first kappa shape index (κ1) is 19.8. The van der Waals surface area contributed by atoms with Crippen LogP contribution >= 0.6 is 0 Å². The van der Waals surface area contributed by atoms with E-state index in [-0.39, 0.29) is 12.1 Å². The topological polar surface area (TPSA) is 69.6 Å². The molecule has 0 aromatic heterocycles. The van der Waals surface area contributed by atoms with Gasteiger partial charge in [0.05, 0.1) is 5.69 Å². The Balaban J connectivity index is 1.65. The quantitative estimate of drug-likeness (QED) is 0.697. The zero-order valence-corrected chi connectivity index (χ0v) is 16.6. The summed E-state index contributed by atoms with van der Waals surface area (Å²) in [7, 11) is 0. The van der Waals surface area contributed by atoms with E-state index in [1.54, 1.807) is 30.3 Å². The van der Waals surface area contributed by atoms with Gasteiger partial charge in [-0.1, -0.05) is 36.4 Å². The van der Waals surface area contributed by atoms with Crippen molar-refractivity contribution in [1.82, 2.24) is 0 Å². The number of nitrogens with one attached hydrogen (secondary N) is 1. The van der Waals surface area contributed by atoms with E-state index in [1.807, 2.05) is 26.0 Å². The predicted molar refractivity (Wildman–Crippen MR) is 113 cm³/mol. The molecule has 0 spiro atoms. The molecule has 152 valence electrons. The molecule has 0 unspecified atom stereocenters. The second-order valence-electron chi connectivity index (χ2n) is 7.48. The van der Waals surface area contributed by atoms with Gasteiger partial charge in [-0.2, -0.15) is 0 Å². The summed E-state index contributed by atoms with van der Waals surface area (Å²) in [6, 6.07) is 17.5. The second-order valence-corrected chi connectivity index (χ2v) is 7.48. The Kier molecular flexibility index (Phi) is 4.87. The summed E-state index contributed by atoms with van der Waals surface area (Å²) < 4.78 is 13.8. The van der Waals surface area contributed by atoms with Gasteiger partial charge >= 0.3 is 0 Å². The minimum Gasteiger partial charge on any atom is -0.372 e. The summed E-state index contributed by atoms with van der Waals surface area (Å²) in [5.74, 6) is -1.65. The molecule has 2 N–H and O–H groups in total. The summed E-state index contributed by atoms with van der Waals surface area (Å²) in [4.78, 5) is 27.2. The fraction of sp³-hybridized carbons (Fsp3) is 0.167. The van der Waals surface area contributed by atoms with E-state index >= 15 is 0 Å². The number of aliphatic hydroxyl groups is 1. The Morgan fingerprint density at radius 3 is 2.53 bits per heavy atom. The molecule has 0 aliphatic carbocycles. The number of aryl methyl sites for hydroxylation is 2. The number of fused-ring (bicyclic) bond motifs is 1. The van der Waals surface area contributed by atoms with Crippen molar-refractivity contribution in [3.63, 3.8) is 0 Å². The third-order valence-electron chi connectivity index (χ3n) is 5.47. The first-order valence-corrected chi connectivity index (χ1v) is 9.57. The lowest BCUT2D eigenvalue weighted by Gasteiger charge is -2.23. The average Bonchev–Trinajstić information content (AvgIpc) is 2.94. The highest BCUT2D eigenvalue weighted by Crippen LogP contribution is 2.44. The number of hydrogen-bond donors (Lipinski definition) is 2. The van der Waals surface area contributed by atoms with Crippen LogP contribution in [0.3, 0.4) is 0 Å². The van der Waals surface area contributed by atoms with Crippen molar-refractivity contribution in [3.8, 4) is 0 Å². The molecule has 6 heteroatoms. The highest BCUT2D eigenvalue weighted by molar-refractivity contribution is 6.12. The molecular weight excluding hydrogens is 383 g/mol. The van der Waals surface area contributed by atoms with E-state index < -0.39 is 23.2 Å². The van der Waals surface area contributed by atoms with Crippen LogP contribution < -0.4 is 10.2 Å². The number of amides is 2. The Bertz CT molecular complexity index is 1160. The molecule has 0 bridgehead atoms. The molecule has 0 saturated heterocycles. The molecule has 4 rings (SSSR count). The van der Waals surface area contributed by atoms with Crippen molar-refractivity contribution >= 4 is 23.2 Å². The molecular formula is C24H21FN2O3. The number of anilines is 2. The lowest BCUT2D eigenvalue weighted by molar-refractivity contribution is -0.133. The standard InChI is InChI=1S/C24H21FN2O3/c1-15-10-11-19(12-16(15)2)26-22(28)14-27-21-9-4-3-8-20(21)24(30,23(27)29)17-6-5-7-18(25)13-17/h3-13,30H,14H2,1-2H3,(H,26,28)/t24-/m0/s1. The first-order chi connectivity index (χ1) is 14.3. The molecule has 0 radical (unpaired) electrons. The van der Waals surface area contributed by atoms with Crippen LogP contribution in [0, 0.1) is 19.7 Å². The van der Waals surface area contributed by atoms with Crippen LogP contribution in [-0.4, -0.2) is 23.5 Å². The molecule has 30 heavy (non-hydrogen) atoms. The van der Waals surface area contributed by atoms with Crippen LogP contribution in [0.2, 0.25) is 0 Å². The maximum atomic E-state index is 13.8. The van der Waals surface area contributed by atoms with Crippen LogP contribution in [0.1, 0.15) is 22.3 Å². The van der Waals surface area contributed by atoms with E-state index in [1.165, 1.54) is 23.1 Å². The lowest BCUT2D eigenvalue weighted by Crippen LogP contribution is -2.44. The SMILES string of the molecule is Cc1ccc(NC(=O)CN2C(=O)[C@](O)(c3cccc(F)c3)c3ccccc32)cc1C. The van der Waals surface area contributed by atoms with Crippen molar-refractivity contribution in [2.24, 2.45) is 0 Å². The number of nitrogens with zero attached hydrogens (tertiary/aromatic N) is 1. The lowest BCUT2D eigenvalue weighted by atomic mass is 9.87. The predicted octanol–water partition coefficient (Wildman–Crippen LogP) is 3.66. The largest absolute Gasteiger partial charge is 0.372 e. The third kappa shape index (κ3) is 3.25. The van der Waals surface area contributed by atoms with E-state index in [2.05, 4.69) is 5.32 Å². The van der Waals surface area contributed by atoms with Gasteiger partial charge in [0.1, 0.15) is 12.4 Å². The second kappa shape index (κ2) is 7.39. The third-order valence-corrected chi connectivity index (χ3v) is 5.47. The van der Waals surface area contributed by atoms with Gasteiger partial charge in [0.2, 0.25) is 5.91 Å². The minimum absolute atomic E-state index is 0.122. The molecule has 1 aliphatic heterocycles. The van der Waals surface area contributed by atoms with Crippen molar-refractivity contribution in [3.05, 3.63) is 94.8 Å². The van der Waals surface area contributed by atoms with Gasteiger partial charge in [-0.3, -0.25) is 14.5 Å². The Hall–Kier alpha value is -3.51. The van der Waals surface area contributed by atoms with E-state index in [0.717, 1.165) is 17.2 Å². The molecule has 0 fully saturated rings. The summed E-state index contributed by atoms with van der Waals surface area (Å²) in [6.45, 7) is 3.65. The molecule has 0 saturated carbocycles. The number of halogens is 1. The molecule has 1 heterocycles. The van der Waals surface area contributed by atoms with Crippen LogP contribution in [-0.2, 0) is 15.2 Å². The van der Waals surface area contributed by atoms with E-state index in [4.69, 9.17) is 0 Å². The molecule has 1 aliphatic rings. The van der Waals surface area contributed by atoms with Crippen LogP contribution in [0.25, 0.3) is 0 Å². The summed E-state index contributed by atoms with van der Waals surface area (Å²) >= 11 is 0. The van der Waals surface area contributed by atoms with Crippen molar-refractivity contribution < 1.29 is 19.1 Å². The van der Waals surface area contributed by atoms with E-state index in [9.17, 15) is 19.1 Å². The summed E-state index contributed by atoms with van der Waals surface area (Å²) in [6.07, 6.45) is 0. The zero-order chi connectivity index (χ0) is 21.5. The van der Waals surface area contributed by atoms with Crippen molar-refractivity contribution in [2.75, 3.05) is 16.8 Å². The van der Waals surface area contributed by atoms with Gasteiger partial charge in [-0.25, -0.2) is 4.39 Å². The van der Waals surface area contributed by atoms with Crippen LogP contribution in [0.5, 0.6) is 0 Å². The number of hydrogen-bond acceptors (Lipinski definition) is 3. The smallest absolute Gasteiger partial charge is 0.268 e. The normalized spacial score (nSPS) is 17.7. The fourth-order valence-electron chi connectivity index (χ4n) is 3.75. The zero-order valence-electron chi connectivity index (χ0n) is 16.6. The van der Waals surface area contributed by atoms with Gasteiger partial charge in [-0.15, -0.1) is 0 Å². The number of carbonyl (C=O) groups is 2. The fourth-order valence-corrected chi connectivity index (χ4v) is 3.75. The Morgan fingerprint density at radius 1 is 1.03 bits per heavy atom. The van der Waals surface area contributed by atoms with Crippen LogP contribution in [0.4, 0.5) is 15.8 Å². The molecule has 5 nitrogen and oxygen atoms in total. The highest BCUT2D eigenvalue weighted by atomic mass is 19.1. The number of para-hydroxylation sites is 1. The van der Waals surface area contributed by atoms with E-state index in [0.29, 0.717) is 16.9 Å². The van der Waals surface area contributed by atoms with Crippen molar-refractivity contribution in [1.29, 1.82) is 0 Å². The minimum atomic E-state index is -2.06. The molecule has 3 aromatic carbocycles. The average molecular weight is 404 g/mol. The summed E-state index contributed by atoms with van der Waals surface area (Å²) in [5.41, 5.74) is 1.58. The number of carbonyl (C=O) groups excluding carboxylic acids is 2. The molecule has 1 atom stereocenters. The van der Waals surface area contributed by atoms with Gasteiger partial charge in [0, 0.05) is 16.8 Å². The monoisotopic (exact) mass is 404 g/mol. The van der Waals surface area contributed by atoms with Crippen LogP contribution in [0.15, 0.2) is 66.7 Å². The van der Waals surface area contributed by atoms with Crippen molar-refractivity contribution in [2.45, 2.75) is 19.4 Å². The Morgan fingerprint density at radius 2 is 1.80 bits per heavy atom. The Labute approximate surface area is 173 Å². The molecule has 2 amide bonds. The maximum absolute atomic E-state index is 13.8. The maximum Gasteiger partial charge on any atom is 0.268 e. The number of rotatable bonds is 4. The van der Waals surface area contributed by atoms with Gasteiger partial charge in [-0.05, 0) is 55.3 Å². The first-order valence-electron chi connectivity index (χ1n) is 9.57. The molecule has 3 aromatic rings. The number of benzene rings is 3.